The summed E-state index contributed by atoms with van der Waals surface area (Å²) in [7, 11) is -1.29. The molecular weight excluding hydrogens is 372 g/mol. The van der Waals surface area contributed by atoms with Gasteiger partial charge in [-0.1, -0.05) is 31.5 Å². The van der Waals surface area contributed by atoms with E-state index in [1.54, 1.807) is 6.20 Å². The van der Waals surface area contributed by atoms with Crippen molar-refractivity contribution >= 4 is 37.9 Å². The van der Waals surface area contributed by atoms with Crippen LogP contribution in [0.1, 0.15) is 30.7 Å². The third-order valence-corrected chi connectivity index (χ3v) is 5.55. The lowest BCUT2D eigenvalue weighted by Crippen LogP contribution is -2.07. The van der Waals surface area contributed by atoms with Crippen molar-refractivity contribution in [1.82, 2.24) is 8.96 Å². The lowest BCUT2D eigenvalue weighted by molar-refractivity contribution is 0.677. The Kier molecular flexibility index (Phi) is 5.76. The molecule has 0 aliphatic rings. The van der Waals surface area contributed by atoms with Crippen molar-refractivity contribution in [2.45, 2.75) is 39.5 Å². The van der Waals surface area contributed by atoms with Crippen LogP contribution in [0.2, 0.25) is 0 Å². The number of hydrogen-bond acceptors (Lipinski definition) is 2. The van der Waals surface area contributed by atoms with Crippen LogP contribution in [0.5, 0.6) is 0 Å². The Labute approximate surface area is 148 Å². The summed E-state index contributed by atoms with van der Waals surface area (Å²) in [6.45, 7) is 10.0. The van der Waals surface area contributed by atoms with Gasteiger partial charge in [0.15, 0.2) is 16.6 Å². The fourth-order valence-electron chi connectivity index (χ4n) is 2.34. The van der Waals surface area contributed by atoms with E-state index in [9.17, 15) is 4.21 Å². The molecule has 0 aliphatic carbocycles. The highest BCUT2D eigenvalue weighted by atomic mass is 79.9. The Bertz CT molecular complexity index is 854. The Hall–Kier alpha value is -1.46. The van der Waals surface area contributed by atoms with E-state index in [0.717, 1.165) is 37.2 Å². The molecule has 0 radical (unpaired) electrons. The zero-order chi connectivity index (χ0) is 17.1. The molecule has 5 heteroatoms. The molecule has 3 rings (SSSR count). The van der Waals surface area contributed by atoms with E-state index in [0.29, 0.717) is 0 Å². The maximum absolute atomic E-state index is 12.9. The predicted molar refractivity (Wildman–Crippen MR) is 101 cm³/mol. The first-order valence-electron chi connectivity index (χ1n) is 7.61. The Morgan fingerprint density at radius 3 is 2.30 bits per heavy atom. The fraction of sp³-hybridized carbons (Fsp3) is 0.278. The maximum atomic E-state index is 12.9. The van der Waals surface area contributed by atoms with Gasteiger partial charge in [-0.15, -0.1) is 0 Å². The zero-order valence-electron chi connectivity index (χ0n) is 14.1. The first-order valence-corrected chi connectivity index (χ1v) is 9.51. The number of hydrogen-bond donors (Lipinski definition) is 0. The highest BCUT2D eigenvalue weighted by Gasteiger charge is 2.18. The number of aryl methyl sites for hydroxylation is 2. The van der Waals surface area contributed by atoms with Crippen molar-refractivity contribution < 1.29 is 4.21 Å². The zero-order valence-corrected chi connectivity index (χ0v) is 16.5. The number of pyridine rings is 1. The van der Waals surface area contributed by atoms with Gasteiger partial charge in [0.25, 0.3) is 0 Å². The van der Waals surface area contributed by atoms with Gasteiger partial charge in [-0.3, -0.25) is 0 Å². The summed E-state index contributed by atoms with van der Waals surface area (Å²) < 4.78 is 15.6. The largest absolute Gasteiger partial charge is 0.243 e. The first-order chi connectivity index (χ1) is 11.0. The van der Waals surface area contributed by atoms with Gasteiger partial charge in [-0.05, 0) is 60.5 Å². The molecule has 122 valence electrons. The van der Waals surface area contributed by atoms with E-state index >= 15 is 0 Å². The van der Waals surface area contributed by atoms with Crippen molar-refractivity contribution in [1.29, 1.82) is 0 Å². The second-order valence-corrected chi connectivity index (χ2v) is 7.34. The molecule has 0 saturated carbocycles. The third kappa shape index (κ3) is 3.40. The quantitative estimate of drug-likeness (QED) is 0.591. The van der Waals surface area contributed by atoms with Crippen molar-refractivity contribution in [3.8, 4) is 0 Å². The van der Waals surface area contributed by atoms with Crippen LogP contribution in [-0.2, 0) is 11.0 Å². The van der Waals surface area contributed by atoms with E-state index in [1.807, 2.05) is 68.9 Å². The topological polar surface area (TPSA) is 34.9 Å². The molecule has 3 aromatic rings. The highest BCUT2D eigenvalue weighted by molar-refractivity contribution is 9.10. The maximum Gasteiger partial charge on any atom is 0.158 e. The summed E-state index contributed by atoms with van der Waals surface area (Å²) in [5.41, 5.74) is 4.00. The van der Waals surface area contributed by atoms with E-state index < -0.39 is 11.0 Å². The second kappa shape index (κ2) is 7.41. The van der Waals surface area contributed by atoms with E-state index in [2.05, 4.69) is 20.9 Å². The van der Waals surface area contributed by atoms with Crippen LogP contribution in [-0.4, -0.2) is 13.2 Å². The minimum Gasteiger partial charge on any atom is -0.243 e. The Morgan fingerprint density at radius 2 is 1.70 bits per heavy atom. The first kappa shape index (κ1) is 17.9. The van der Waals surface area contributed by atoms with Gasteiger partial charge in [0.2, 0.25) is 0 Å². The average molecular weight is 393 g/mol. The Balaban J connectivity index is 0.000000924. The molecular formula is C18H21BrN2OS. The normalized spacial score (nSPS) is 11.9. The van der Waals surface area contributed by atoms with Crippen LogP contribution < -0.4 is 0 Å². The molecule has 0 bridgehead atoms. The van der Waals surface area contributed by atoms with Crippen LogP contribution >= 0.6 is 15.9 Å². The summed E-state index contributed by atoms with van der Waals surface area (Å²) >= 11 is 3.44. The summed E-state index contributed by atoms with van der Waals surface area (Å²) in [5.74, 6) is 0. The molecule has 1 unspecified atom stereocenters. The smallest absolute Gasteiger partial charge is 0.158 e. The fourth-order valence-corrected chi connectivity index (χ4v) is 3.94. The molecule has 2 aromatic heterocycles. The van der Waals surface area contributed by atoms with Gasteiger partial charge in [-0.25, -0.2) is 13.2 Å². The minimum atomic E-state index is -1.29. The van der Waals surface area contributed by atoms with Crippen LogP contribution in [0, 0.1) is 20.8 Å². The number of nitrogens with zero attached hydrogens (tertiary/aromatic N) is 2. The summed E-state index contributed by atoms with van der Waals surface area (Å²) in [6, 6.07) is 9.79. The van der Waals surface area contributed by atoms with E-state index in [1.165, 1.54) is 0 Å². The molecule has 0 amide bonds. The van der Waals surface area contributed by atoms with Crippen molar-refractivity contribution in [3.05, 3.63) is 57.8 Å². The molecule has 23 heavy (non-hydrogen) atoms. The highest BCUT2D eigenvalue weighted by Crippen LogP contribution is 2.28. The molecule has 1 atom stereocenters. The number of benzene rings is 1. The number of aromatic nitrogens is 2. The molecule has 0 fully saturated rings. The summed E-state index contributed by atoms with van der Waals surface area (Å²) in [4.78, 5) is 5.23. The molecule has 0 spiro atoms. The number of fused-ring (bicyclic) bond motifs is 1. The SMILES string of the molecule is CC.Cc1ccc(S(=O)n2c(C)c(C)c3cc(Br)cnc32)cc1. The van der Waals surface area contributed by atoms with Gasteiger partial charge < -0.3 is 0 Å². The van der Waals surface area contributed by atoms with Gasteiger partial charge in [0.1, 0.15) is 0 Å². The second-order valence-electron chi connectivity index (χ2n) is 5.09. The molecule has 0 N–H and O–H groups in total. The molecule has 0 aliphatic heterocycles. The van der Waals surface area contributed by atoms with Crippen LogP contribution in [0.15, 0.2) is 45.9 Å². The lowest BCUT2D eigenvalue weighted by atomic mass is 10.2. The molecule has 2 heterocycles. The molecule has 3 nitrogen and oxygen atoms in total. The standard InChI is InChI=1S/C16H15BrN2OS.C2H6/c1-10-4-6-14(7-5-10)21(20)19-12(3)11(2)15-8-13(17)9-18-16(15)19;1-2/h4-9H,1-3H3;1-2H3. The summed E-state index contributed by atoms with van der Waals surface area (Å²) in [6.07, 6.45) is 1.74. The van der Waals surface area contributed by atoms with Crippen LogP contribution in [0.4, 0.5) is 0 Å². The average Bonchev–Trinajstić information content (AvgIpc) is 2.81. The van der Waals surface area contributed by atoms with Crippen molar-refractivity contribution in [3.63, 3.8) is 0 Å². The van der Waals surface area contributed by atoms with E-state index in [-0.39, 0.29) is 0 Å². The van der Waals surface area contributed by atoms with E-state index in [4.69, 9.17) is 0 Å². The monoisotopic (exact) mass is 392 g/mol. The number of rotatable bonds is 2. The third-order valence-electron chi connectivity index (χ3n) is 3.67. The molecule has 1 aromatic carbocycles. The number of halogens is 1. The predicted octanol–water partition coefficient (Wildman–Crippen LogP) is 5.32. The van der Waals surface area contributed by atoms with Crippen LogP contribution in [0.25, 0.3) is 11.0 Å². The van der Waals surface area contributed by atoms with Crippen molar-refractivity contribution in [2.75, 3.05) is 0 Å². The van der Waals surface area contributed by atoms with Gasteiger partial charge in [0.05, 0.1) is 4.90 Å². The van der Waals surface area contributed by atoms with Gasteiger partial charge in [-0.2, -0.15) is 0 Å². The minimum absolute atomic E-state index is 0.757. The van der Waals surface area contributed by atoms with Crippen molar-refractivity contribution in [2.24, 2.45) is 0 Å². The van der Waals surface area contributed by atoms with Gasteiger partial charge >= 0.3 is 0 Å². The van der Waals surface area contributed by atoms with Crippen LogP contribution in [0.3, 0.4) is 0 Å². The summed E-state index contributed by atoms with van der Waals surface area (Å²) in [5, 5.41) is 1.03. The molecule has 0 saturated heterocycles. The van der Waals surface area contributed by atoms with Gasteiger partial charge in [0, 0.05) is 21.7 Å². The lowest BCUT2D eigenvalue weighted by Gasteiger charge is -2.07. The Morgan fingerprint density at radius 1 is 1.09 bits per heavy atom.